The van der Waals surface area contributed by atoms with E-state index in [-0.39, 0.29) is 5.88 Å². The second kappa shape index (κ2) is 5.32. The highest BCUT2D eigenvalue weighted by Gasteiger charge is 2.12. The van der Waals surface area contributed by atoms with Gasteiger partial charge in [0.05, 0.1) is 23.0 Å². The molecule has 0 amide bonds. The number of aromatic nitrogens is 1. The topological polar surface area (TPSA) is 40.8 Å². The van der Waals surface area contributed by atoms with Crippen LogP contribution in [0.15, 0.2) is 59.7 Å². The highest BCUT2D eigenvalue weighted by Crippen LogP contribution is 2.28. The van der Waals surface area contributed by atoms with Gasteiger partial charge in [-0.2, -0.15) is 5.10 Å². The van der Waals surface area contributed by atoms with E-state index in [4.69, 9.17) is 0 Å². The second-order valence-corrected chi connectivity index (χ2v) is 4.92. The molecule has 21 heavy (non-hydrogen) atoms. The summed E-state index contributed by atoms with van der Waals surface area (Å²) in [5.41, 5.74) is 2.71. The van der Waals surface area contributed by atoms with Crippen LogP contribution in [0.3, 0.4) is 0 Å². The fourth-order valence-electron chi connectivity index (χ4n) is 2.39. The van der Waals surface area contributed by atoms with Gasteiger partial charge in [-0.3, -0.25) is 5.01 Å². The van der Waals surface area contributed by atoms with Crippen LogP contribution in [0.2, 0.25) is 0 Å². The summed E-state index contributed by atoms with van der Waals surface area (Å²) in [6, 6.07) is 17.8. The molecule has 0 saturated carbocycles. The largest absolute Gasteiger partial charge is 0.494 e. The molecule has 2 aromatic carbocycles. The Morgan fingerprint density at radius 2 is 1.71 bits per heavy atom. The third-order valence-corrected chi connectivity index (χ3v) is 3.60. The molecule has 0 radical (unpaired) electrons. The predicted octanol–water partition coefficient (Wildman–Crippen LogP) is 3.35. The number of hydrazone groups is 1. The van der Waals surface area contributed by atoms with Gasteiger partial charge in [-0.15, -0.1) is 0 Å². The molecule has 1 heterocycles. The van der Waals surface area contributed by atoms with Gasteiger partial charge in [0.1, 0.15) is 0 Å². The van der Waals surface area contributed by atoms with Gasteiger partial charge >= 0.3 is 0 Å². The lowest BCUT2D eigenvalue weighted by Gasteiger charge is -2.11. The molecule has 1 aromatic heterocycles. The molecule has 1 N–H and O–H groups in total. The Morgan fingerprint density at radius 1 is 1.05 bits per heavy atom. The number of aromatic hydroxyl groups is 1. The summed E-state index contributed by atoms with van der Waals surface area (Å²) in [6.45, 7) is 0. The first-order valence-corrected chi connectivity index (χ1v) is 6.77. The van der Waals surface area contributed by atoms with E-state index in [1.807, 2.05) is 68.7 Å². The van der Waals surface area contributed by atoms with Crippen LogP contribution in [-0.4, -0.2) is 22.9 Å². The van der Waals surface area contributed by atoms with Crippen molar-refractivity contribution in [3.63, 3.8) is 0 Å². The van der Waals surface area contributed by atoms with Crippen molar-refractivity contribution in [2.24, 2.45) is 12.1 Å². The van der Waals surface area contributed by atoms with Crippen LogP contribution in [0, 0.1) is 0 Å². The summed E-state index contributed by atoms with van der Waals surface area (Å²) in [5, 5.41) is 17.4. The van der Waals surface area contributed by atoms with Gasteiger partial charge in [0.2, 0.25) is 5.88 Å². The molecule has 0 unspecified atom stereocenters. The summed E-state index contributed by atoms with van der Waals surface area (Å²) in [4.78, 5) is 0. The summed E-state index contributed by atoms with van der Waals surface area (Å²) in [5.74, 6) is 0.224. The SMILES string of the molecule is CN(/N=C/c1c(O)n(C)c2ccccc12)c1ccccc1. The molecule has 0 aliphatic heterocycles. The van der Waals surface area contributed by atoms with Crippen LogP contribution < -0.4 is 5.01 Å². The molecule has 0 spiro atoms. The molecule has 0 aliphatic rings. The summed E-state index contributed by atoms with van der Waals surface area (Å²) >= 11 is 0. The number of hydrogen-bond acceptors (Lipinski definition) is 3. The number of anilines is 1. The molecule has 106 valence electrons. The Morgan fingerprint density at radius 3 is 2.48 bits per heavy atom. The fraction of sp³-hybridized carbons (Fsp3) is 0.118. The number of para-hydroxylation sites is 2. The van der Waals surface area contributed by atoms with Gasteiger partial charge in [0.15, 0.2) is 0 Å². The van der Waals surface area contributed by atoms with E-state index in [1.54, 1.807) is 15.8 Å². The van der Waals surface area contributed by atoms with Crippen molar-refractivity contribution in [1.29, 1.82) is 0 Å². The molecule has 4 heteroatoms. The minimum atomic E-state index is 0.224. The Hall–Kier alpha value is -2.75. The number of aryl methyl sites for hydroxylation is 1. The quantitative estimate of drug-likeness (QED) is 0.590. The molecule has 3 rings (SSSR count). The van der Waals surface area contributed by atoms with E-state index in [9.17, 15) is 5.11 Å². The van der Waals surface area contributed by atoms with E-state index in [0.717, 1.165) is 22.2 Å². The minimum Gasteiger partial charge on any atom is -0.494 e. The maximum Gasteiger partial charge on any atom is 0.200 e. The Labute approximate surface area is 123 Å². The van der Waals surface area contributed by atoms with Crippen LogP contribution in [-0.2, 0) is 7.05 Å². The van der Waals surface area contributed by atoms with E-state index >= 15 is 0 Å². The molecule has 0 saturated heterocycles. The average Bonchev–Trinajstić information content (AvgIpc) is 2.78. The fourth-order valence-corrected chi connectivity index (χ4v) is 2.39. The molecular weight excluding hydrogens is 262 g/mol. The van der Waals surface area contributed by atoms with Crippen molar-refractivity contribution in [1.82, 2.24) is 4.57 Å². The molecule has 0 atom stereocenters. The maximum absolute atomic E-state index is 10.3. The molecule has 0 bridgehead atoms. The molecule has 3 aromatic rings. The van der Waals surface area contributed by atoms with E-state index in [2.05, 4.69) is 5.10 Å². The highest BCUT2D eigenvalue weighted by molar-refractivity contribution is 6.02. The highest BCUT2D eigenvalue weighted by atomic mass is 16.3. The van der Waals surface area contributed by atoms with Crippen molar-refractivity contribution in [2.45, 2.75) is 0 Å². The monoisotopic (exact) mass is 279 g/mol. The van der Waals surface area contributed by atoms with Gasteiger partial charge in [-0.25, -0.2) is 0 Å². The Bertz CT molecular complexity index is 790. The van der Waals surface area contributed by atoms with E-state index < -0.39 is 0 Å². The van der Waals surface area contributed by atoms with Crippen molar-refractivity contribution in [3.8, 4) is 5.88 Å². The standard InChI is InChI=1S/C17H17N3O/c1-19-16-11-7-6-10-14(16)15(17(19)21)12-18-20(2)13-8-4-3-5-9-13/h3-12,21H,1-2H3/b18-12+. The third kappa shape index (κ3) is 2.36. The predicted molar refractivity (Wildman–Crippen MR) is 87.0 cm³/mol. The Kier molecular flexibility index (Phi) is 3.36. The third-order valence-electron chi connectivity index (χ3n) is 3.60. The lowest BCUT2D eigenvalue weighted by atomic mass is 10.2. The lowest BCUT2D eigenvalue weighted by molar-refractivity contribution is 0.434. The van der Waals surface area contributed by atoms with Crippen molar-refractivity contribution >= 4 is 22.8 Å². The number of rotatable bonds is 3. The van der Waals surface area contributed by atoms with Crippen molar-refractivity contribution in [2.75, 3.05) is 12.1 Å². The van der Waals surface area contributed by atoms with Crippen LogP contribution in [0.4, 0.5) is 5.69 Å². The van der Waals surface area contributed by atoms with E-state index in [1.165, 1.54) is 0 Å². The second-order valence-electron chi connectivity index (χ2n) is 4.92. The Balaban J connectivity index is 1.99. The number of fused-ring (bicyclic) bond motifs is 1. The van der Waals surface area contributed by atoms with Crippen molar-refractivity contribution in [3.05, 3.63) is 60.2 Å². The van der Waals surface area contributed by atoms with Crippen LogP contribution in [0.5, 0.6) is 5.88 Å². The zero-order valence-corrected chi connectivity index (χ0v) is 12.1. The van der Waals surface area contributed by atoms with E-state index in [0.29, 0.717) is 0 Å². The first kappa shape index (κ1) is 13.2. The summed E-state index contributed by atoms with van der Waals surface area (Å²) in [7, 11) is 3.73. The first-order valence-electron chi connectivity index (χ1n) is 6.77. The van der Waals surface area contributed by atoms with Gasteiger partial charge in [0, 0.05) is 19.5 Å². The average molecular weight is 279 g/mol. The summed E-state index contributed by atoms with van der Waals surface area (Å²) < 4.78 is 1.76. The van der Waals surface area contributed by atoms with Gasteiger partial charge in [-0.05, 0) is 18.2 Å². The smallest absolute Gasteiger partial charge is 0.200 e. The molecular formula is C17H17N3O. The van der Waals surface area contributed by atoms with Gasteiger partial charge < -0.3 is 9.67 Å². The number of hydrogen-bond donors (Lipinski definition) is 1. The van der Waals surface area contributed by atoms with Gasteiger partial charge in [0.25, 0.3) is 0 Å². The van der Waals surface area contributed by atoms with Crippen molar-refractivity contribution < 1.29 is 5.11 Å². The normalized spacial score (nSPS) is 11.3. The van der Waals surface area contributed by atoms with Crippen LogP contribution in [0.1, 0.15) is 5.56 Å². The van der Waals surface area contributed by atoms with Crippen LogP contribution in [0.25, 0.3) is 10.9 Å². The minimum absolute atomic E-state index is 0.224. The maximum atomic E-state index is 10.3. The zero-order chi connectivity index (χ0) is 14.8. The lowest BCUT2D eigenvalue weighted by Crippen LogP contribution is -2.08. The first-order chi connectivity index (χ1) is 10.2. The molecule has 0 aliphatic carbocycles. The number of benzene rings is 2. The zero-order valence-electron chi connectivity index (χ0n) is 12.1. The van der Waals surface area contributed by atoms with Crippen LogP contribution >= 0.6 is 0 Å². The molecule has 4 nitrogen and oxygen atoms in total. The molecule has 0 fully saturated rings. The van der Waals surface area contributed by atoms with Gasteiger partial charge in [-0.1, -0.05) is 36.4 Å². The summed E-state index contributed by atoms with van der Waals surface area (Å²) in [6.07, 6.45) is 1.70. The number of nitrogens with zero attached hydrogens (tertiary/aromatic N) is 3.